The van der Waals surface area contributed by atoms with Crippen LogP contribution in [-0.2, 0) is 24.0 Å². The number of Topliss-reactive ketones (excluding diaryl/α,β-unsaturated/α-hetero) is 3. The minimum absolute atomic E-state index is 0.00309. The Bertz CT molecular complexity index is 1720. The number of hydrogen-bond donors (Lipinski definition) is 1. The zero-order valence-electron chi connectivity index (χ0n) is 31.7. The van der Waals surface area contributed by atoms with Crippen LogP contribution in [0.3, 0.4) is 0 Å². The molecule has 50 heavy (non-hydrogen) atoms. The molecule has 0 saturated heterocycles. The highest BCUT2D eigenvalue weighted by Gasteiger charge is 2.74. The van der Waals surface area contributed by atoms with Crippen molar-refractivity contribution in [1.82, 2.24) is 0 Å². The van der Waals surface area contributed by atoms with Gasteiger partial charge in [-0.2, -0.15) is 0 Å². The second-order valence-corrected chi connectivity index (χ2v) is 15.2. The molecule has 2 bridgehead atoms. The van der Waals surface area contributed by atoms with E-state index in [1.165, 1.54) is 32.0 Å². The maximum Gasteiger partial charge on any atom is 0.308 e. The van der Waals surface area contributed by atoms with Crippen LogP contribution in [0.5, 0.6) is 11.5 Å². The Morgan fingerprint density at radius 2 is 1.30 bits per heavy atom. The van der Waals surface area contributed by atoms with Crippen molar-refractivity contribution in [2.75, 3.05) is 0 Å². The van der Waals surface area contributed by atoms with Gasteiger partial charge in [0.25, 0.3) is 0 Å². The summed E-state index contributed by atoms with van der Waals surface area (Å²) in [6, 6.07) is 3.97. The average molecular weight is 687 g/mol. The lowest BCUT2D eigenvalue weighted by atomic mass is 9.37. The molecule has 2 saturated carbocycles. The fraction of sp³-hybridized carbons (Fsp3) is 0.500. The van der Waals surface area contributed by atoms with Crippen molar-refractivity contribution in [3.8, 4) is 11.5 Å². The highest BCUT2D eigenvalue weighted by Crippen LogP contribution is 2.67. The molecule has 1 aromatic rings. The first kappa shape index (κ1) is 40.1. The van der Waals surface area contributed by atoms with Gasteiger partial charge in [0, 0.05) is 19.4 Å². The first-order chi connectivity index (χ1) is 23.2. The number of rotatable bonds is 12. The molecule has 4 atom stereocenters. The molecule has 1 N–H and O–H groups in total. The smallest absolute Gasteiger partial charge is 0.308 e. The number of aliphatic hydroxyl groups excluding tert-OH is 1. The van der Waals surface area contributed by atoms with E-state index in [9.17, 15) is 19.5 Å². The third kappa shape index (κ3) is 7.85. The van der Waals surface area contributed by atoms with Crippen LogP contribution in [0.25, 0.3) is 5.76 Å². The lowest BCUT2D eigenvalue weighted by Gasteiger charge is -2.61. The summed E-state index contributed by atoms with van der Waals surface area (Å²) in [4.78, 5) is 69.5. The van der Waals surface area contributed by atoms with E-state index in [0.29, 0.717) is 19.3 Å². The van der Waals surface area contributed by atoms with Crippen LogP contribution in [0, 0.1) is 22.2 Å². The van der Waals surface area contributed by atoms with Crippen molar-refractivity contribution in [3.05, 3.63) is 75.9 Å². The van der Waals surface area contributed by atoms with Crippen molar-refractivity contribution < 1.29 is 38.6 Å². The summed E-state index contributed by atoms with van der Waals surface area (Å²) in [5.74, 6) is -4.21. The maximum atomic E-state index is 15.4. The monoisotopic (exact) mass is 686 g/mol. The number of benzene rings is 1. The Balaban J connectivity index is 2.52. The highest BCUT2D eigenvalue weighted by molar-refractivity contribution is 6.41. The molecule has 8 heteroatoms. The van der Waals surface area contributed by atoms with Crippen molar-refractivity contribution in [3.63, 3.8) is 0 Å². The van der Waals surface area contributed by atoms with Crippen LogP contribution in [0.2, 0.25) is 0 Å². The Kier molecular flexibility index (Phi) is 12.6. The number of esters is 2. The molecule has 0 unspecified atom stereocenters. The number of carbonyl (C=O) groups is 5. The van der Waals surface area contributed by atoms with Gasteiger partial charge in [-0.3, -0.25) is 24.0 Å². The van der Waals surface area contributed by atoms with Crippen LogP contribution in [0.4, 0.5) is 0 Å². The van der Waals surface area contributed by atoms with E-state index in [4.69, 9.17) is 9.47 Å². The van der Waals surface area contributed by atoms with Crippen molar-refractivity contribution in [1.29, 1.82) is 0 Å². The summed E-state index contributed by atoms with van der Waals surface area (Å²) >= 11 is 0. The molecule has 1 aromatic carbocycles. The third-order valence-electron chi connectivity index (χ3n) is 10.2. The van der Waals surface area contributed by atoms with Crippen LogP contribution in [0.15, 0.2) is 70.4 Å². The van der Waals surface area contributed by atoms with E-state index in [1.807, 2.05) is 74.5 Å². The normalized spacial score (nSPS) is 25.3. The number of aliphatic hydroxyl groups is 1. The van der Waals surface area contributed by atoms with Crippen LogP contribution < -0.4 is 9.47 Å². The van der Waals surface area contributed by atoms with Gasteiger partial charge >= 0.3 is 11.9 Å². The second kappa shape index (κ2) is 15.7. The summed E-state index contributed by atoms with van der Waals surface area (Å²) in [5.41, 5.74) is -0.520. The Hall–Kier alpha value is -4.33. The van der Waals surface area contributed by atoms with E-state index < -0.39 is 51.1 Å². The van der Waals surface area contributed by atoms with Crippen molar-refractivity contribution in [2.45, 2.75) is 115 Å². The minimum Gasteiger partial charge on any atom is -0.506 e. The Morgan fingerprint density at radius 1 is 0.760 bits per heavy atom. The average Bonchev–Trinajstić information content (AvgIpc) is 2.99. The molecule has 2 fully saturated rings. The van der Waals surface area contributed by atoms with Crippen LogP contribution in [0.1, 0.15) is 120 Å². The van der Waals surface area contributed by atoms with Gasteiger partial charge < -0.3 is 14.6 Å². The van der Waals surface area contributed by atoms with E-state index in [1.54, 1.807) is 0 Å². The van der Waals surface area contributed by atoms with E-state index in [-0.39, 0.29) is 48.0 Å². The predicted octanol–water partition coefficient (Wildman–Crippen LogP) is 9.34. The van der Waals surface area contributed by atoms with Gasteiger partial charge in [0.15, 0.2) is 28.8 Å². The molecule has 0 aliphatic heterocycles. The summed E-state index contributed by atoms with van der Waals surface area (Å²) in [6.07, 6.45) is 10.1. The fourth-order valence-corrected chi connectivity index (χ4v) is 7.58. The predicted molar refractivity (Wildman–Crippen MR) is 196 cm³/mol. The number of fused-ring (bicyclic) bond motifs is 2. The van der Waals surface area contributed by atoms with Crippen molar-refractivity contribution >= 4 is 35.0 Å². The molecule has 0 aromatic heterocycles. The van der Waals surface area contributed by atoms with Gasteiger partial charge in [0.1, 0.15) is 16.7 Å². The lowest BCUT2D eigenvalue weighted by Crippen LogP contribution is -2.70. The lowest BCUT2D eigenvalue weighted by molar-refractivity contribution is -0.178. The van der Waals surface area contributed by atoms with Gasteiger partial charge in [0.05, 0.1) is 5.41 Å². The zero-order chi connectivity index (χ0) is 37.8. The summed E-state index contributed by atoms with van der Waals surface area (Å²) in [7, 11) is 0. The number of ketones is 3. The van der Waals surface area contributed by atoms with E-state index >= 15 is 9.59 Å². The van der Waals surface area contributed by atoms with E-state index in [0.717, 1.165) is 22.3 Å². The van der Waals surface area contributed by atoms with Gasteiger partial charge in [0.2, 0.25) is 0 Å². The van der Waals surface area contributed by atoms with Gasteiger partial charge in [-0.25, -0.2) is 0 Å². The number of allylic oxidation sites excluding steroid dienone is 9. The third-order valence-corrected chi connectivity index (χ3v) is 10.2. The Morgan fingerprint density at radius 3 is 1.84 bits per heavy atom. The van der Waals surface area contributed by atoms with Crippen LogP contribution in [-0.4, -0.2) is 34.4 Å². The molecule has 0 amide bonds. The zero-order valence-corrected chi connectivity index (χ0v) is 31.7. The molecule has 2 aliphatic rings. The number of ether oxygens (including phenoxy) is 2. The Labute approximate surface area is 297 Å². The standard InChI is InChI=1S/C42H54O8/c1-25(2)13-12-20-40(11)32(16-14-26(3)4)24-41(21-18-27(5)6)37(46)35(38(47)42(40,39(41)48)22-19-28(7)8)36(45)31-15-17-33(49-29(9)43)34(23-31)50-30(10)44/h13-15,17-19,23,32,45H,12,16,20-22,24H2,1-11H3/t32-,40+,41-,42+/m0/s1. The SMILES string of the molecule is CC(=O)Oc1ccc(C(O)=C2C(=O)[C@]3(CC=C(C)C)C[C@H](CC=C(C)C)[C@@](C)(CCC=C(C)C)[C@](CC=C(C)C)(C2=O)C3=O)cc1OC(C)=O. The molecular formula is C42H54O8. The minimum atomic E-state index is -1.67. The van der Waals surface area contributed by atoms with E-state index in [2.05, 4.69) is 12.2 Å². The summed E-state index contributed by atoms with van der Waals surface area (Å²) < 4.78 is 10.5. The molecule has 2 aliphatic carbocycles. The molecule has 8 nitrogen and oxygen atoms in total. The largest absolute Gasteiger partial charge is 0.506 e. The molecule has 0 heterocycles. The second-order valence-electron chi connectivity index (χ2n) is 15.2. The fourth-order valence-electron chi connectivity index (χ4n) is 7.58. The maximum absolute atomic E-state index is 15.4. The molecular weight excluding hydrogens is 632 g/mol. The summed E-state index contributed by atoms with van der Waals surface area (Å²) in [6.45, 7) is 20.1. The topological polar surface area (TPSA) is 124 Å². The van der Waals surface area contributed by atoms with Gasteiger partial charge in [-0.05, 0) is 123 Å². The molecule has 0 radical (unpaired) electrons. The first-order valence-electron chi connectivity index (χ1n) is 17.4. The van der Waals surface area contributed by atoms with Gasteiger partial charge in [-0.15, -0.1) is 0 Å². The molecule has 0 spiro atoms. The van der Waals surface area contributed by atoms with Gasteiger partial charge in [-0.1, -0.05) is 53.5 Å². The van der Waals surface area contributed by atoms with Crippen LogP contribution >= 0.6 is 0 Å². The first-order valence-corrected chi connectivity index (χ1v) is 17.4. The highest BCUT2D eigenvalue weighted by atomic mass is 16.6. The number of carbonyl (C=O) groups excluding carboxylic acids is 5. The molecule has 270 valence electrons. The summed E-state index contributed by atoms with van der Waals surface area (Å²) in [5, 5.41) is 12.0. The number of hydrogen-bond acceptors (Lipinski definition) is 8. The quantitative estimate of drug-likeness (QED) is 0.0439. The van der Waals surface area contributed by atoms with Crippen molar-refractivity contribution in [2.24, 2.45) is 22.2 Å². The molecule has 3 rings (SSSR count).